The fraction of sp³-hybridized carbons (Fsp3) is 0.933. The smallest absolute Gasteiger partial charge is 0.431 e. The predicted molar refractivity (Wildman–Crippen MR) is 77.8 cm³/mol. The van der Waals surface area contributed by atoms with Crippen molar-refractivity contribution in [1.29, 1.82) is 0 Å². The van der Waals surface area contributed by atoms with Gasteiger partial charge in [0.1, 0.15) is 12.2 Å². The van der Waals surface area contributed by atoms with Gasteiger partial charge in [-0.3, -0.25) is 0 Å². The van der Waals surface area contributed by atoms with Gasteiger partial charge in [0.05, 0.1) is 13.2 Å². The highest BCUT2D eigenvalue weighted by Crippen LogP contribution is 2.16. The van der Waals surface area contributed by atoms with Crippen LogP contribution in [0.15, 0.2) is 0 Å². The van der Waals surface area contributed by atoms with Crippen molar-refractivity contribution in [3.05, 3.63) is 0 Å². The van der Waals surface area contributed by atoms with Gasteiger partial charge in [-0.1, -0.05) is 27.7 Å². The summed E-state index contributed by atoms with van der Waals surface area (Å²) in [5.41, 5.74) is 0. The summed E-state index contributed by atoms with van der Waals surface area (Å²) in [5.74, 6) is 0.294. The largest absolute Gasteiger partial charge is 0.508 e. The summed E-state index contributed by atoms with van der Waals surface area (Å²) >= 11 is 0. The lowest BCUT2D eigenvalue weighted by molar-refractivity contribution is -0.0454. The van der Waals surface area contributed by atoms with Gasteiger partial charge in [-0.05, 0) is 12.8 Å². The number of hydrogen-bond acceptors (Lipinski definition) is 5. The fourth-order valence-electron chi connectivity index (χ4n) is 2.22. The van der Waals surface area contributed by atoms with Crippen LogP contribution in [0.25, 0.3) is 0 Å². The van der Waals surface area contributed by atoms with Crippen molar-refractivity contribution >= 4 is 6.16 Å². The molecule has 0 bridgehead atoms. The van der Waals surface area contributed by atoms with E-state index in [4.69, 9.17) is 18.9 Å². The van der Waals surface area contributed by atoms with E-state index in [0.717, 1.165) is 12.8 Å². The van der Waals surface area contributed by atoms with Crippen molar-refractivity contribution in [3.8, 4) is 0 Å². The number of hydrogen-bond donors (Lipinski definition) is 0. The molecule has 0 rings (SSSR count). The van der Waals surface area contributed by atoms with Crippen molar-refractivity contribution in [2.45, 2.75) is 52.7 Å². The topological polar surface area (TPSA) is 54.0 Å². The molecule has 0 saturated carbocycles. The van der Waals surface area contributed by atoms with E-state index in [9.17, 15) is 4.79 Å². The van der Waals surface area contributed by atoms with E-state index in [1.165, 1.54) is 0 Å². The molecule has 0 aromatic heterocycles. The van der Waals surface area contributed by atoms with Gasteiger partial charge in [0.15, 0.2) is 0 Å². The van der Waals surface area contributed by atoms with Crippen molar-refractivity contribution in [2.24, 2.45) is 11.8 Å². The molecule has 4 atom stereocenters. The van der Waals surface area contributed by atoms with E-state index >= 15 is 0 Å². The second-order valence-corrected chi connectivity index (χ2v) is 5.24. The van der Waals surface area contributed by atoms with Gasteiger partial charge in [0, 0.05) is 26.1 Å². The molecule has 0 radical (unpaired) electrons. The molecule has 0 amide bonds. The number of carbonyl (C=O) groups is 1. The normalized spacial score (nSPS) is 17.1. The average molecular weight is 290 g/mol. The molecule has 120 valence electrons. The first-order valence-corrected chi connectivity index (χ1v) is 7.35. The van der Waals surface area contributed by atoms with Crippen LogP contribution < -0.4 is 0 Å². The lowest BCUT2D eigenvalue weighted by Crippen LogP contribution is -2.32. The van der Waals surface area contributed by atoms with E-state index < -0.39 is 6.16 Å². The molecule has 0 aliphatic rings. The molecule has 20 heavy (non-hydrogen) atoms. The number of ether oxygens (including phenoxy) is 4. The summed E-state index contributed by atoms with van der Waals surface area (Å²) in [6.45, 7) is 9.07. The van der Waals surface area contributed by atoms with Crippen LogP contribution in [0, 0.1) is 11.8 Å². The second kappa shape index (κ2) is 10.9. The SMILES string of the molecule is CCC(OC(=O)OC(CC)C(C)COC)C(C)COC. The van der Waals surface area contributed by atoms with Gasteiger partial charge in [-0.15, -0.1) is 0 Å². The van der Waals surface area contributed by atoms with Crippen LogP contribution in [0.3, 0.4) is 0 Å². The number of rotatable bonds is 10. The summed E-state index contributed by atoms with van der Waals surface area (Å²) in [6, 6.07) is 0. The van der Waals surface area contributed by atoms with Crippen molar-refractivity contribution in [3.63, 3.8) is 0 Å². The first-order valence-electron chi connectivity index (χ1n) is 7.35. The molecular formula is C15H30O5. The molecule has 0 fully saturated rings. The third-order valence-corrected chi connectivity index (χ3v) is 3.43. The molecule has 0 aromatic carbocycles. The van der Waals surface area contributed by atoms with Gasteiger partial charge >= 0.3 is 6.16 Å². The van der Waals surface area contributed by atoms with Crippen LogP contribution in [0.1, 0.15) is 40.5 Å². The lowest BCUT2D eigenvalue weighted by atomic mass is 10.0. The molecule has 0 aromatic rings. The molecule has 0 saturated heterocycles. The quantitative estimate of drug-likeness (QED) is 0.578. The molecule has 0 N–H and O–H groups in total. The monoisotopic (exact) mass is 290 g/mol. The molecular weight excluding hydrogens is 260 g/mol. The number of carbonyl (C=O) groups excluding carboxylic acids is 1. The van der Waals surface area contributed by atoms with Crippen molar-refractivity contribution in [2.75, 3.05) is 27.4 Å². The molecule has 0 aliphatic heterocycles. The van der Waals surface area contributed by atoms with Gasteiger partial charge in [0.2, 0.25) is 0 Å². The van der Waals surface area contributed by atoms with Crippen molar-refractivity contribution in [1.82, 2.24) is 0 Å². The Labute approximate surface area is 122 Å². The molecule has 0 heterocycles. The summed E-state index contributed by atoms with van der Waals surface area (Å²) in [4.78, 5) is 11.9. The first kappa shape index (κ1) is 19.2. The van der Waals surface area contributed by atoms with Gasteiger partial charge in [0.25, 0.3) is 0 Å². The van der Waals surface area contributed by atoms with Gasteiger partial charge < -0.3 is 18.9 Å². The van der Waals surface area contributed by atoms with Crippen LogP contribution in [-0.4, -0.2) is 45.8 Å². The summed E-state index contributed by atoms with van der Waals surface area (Å²) in [5, 5.41) is 0. The Balaban J connectivity index is 4.36. The summed E-state index contributed by atoms with van der Waals surface area (Å²) < 4.78 is 21.0. The Morgan fingerprint density at radius 3 is 1.45 bits per heavy atom. The summed E-state index contributed by atoms with van der Waals surface area (Å²) in [6.07, 6.45) is 0.513. The Kier molecular flexibility index (Phi) is 10.5. The maximum absolute atomic E-state index is 11.9. The van der Waals surface area contributed by atoms with Crippen LogP contribution in [0.2, 0.25) is 0 Å². The Hall–Kier alpha value is -0.810. The third kappa shape index (κ3) is 7.10. The average Bonchev–Trinajstić information content (AvgIpc) is 2.42. The maximum atomic E-state index is 11.9. The van der Waals surface area contributed by atoms with Crippen LogP contribution in [0.5, 0.6) is 0 Å². The highest BCUT2D eigenvalue weighted by atomic mass is 16.7. The van der Waals surface area contributed by atoms with E-state index in [-0.39, 0.29) is 24.0 Å². The van der Waals surface area contributed by atoms with Gasteiger partial charge in [-0.2, -0.15) is 0 Å². The molecule has 4 unspecified atom stereocenters. The van der Waals surface area contributed by atoms with Crippen LogP contribution >= 0.6 is 0 Å². The minimum atomic E-state index is -0.602. The van der Waals surface area contributed by atoms with E-state index in [2.05, 4.69) is 0 Å². The van der Waals surface area contributed by atoms with Gasteiger partial charge in [-0.25, -0.2) is 4.79 Å². The Bertz CT molecular complexity index is 233. The standard InChI is InChI=1S/C15H30O5/c1-7-13(11(3)9-17-5)19-15(16)20-14(8-2)12(4)10-18-6/h11-14H,7-10H2,1-6H3. The Morgan fingerprint density at radius 2 is 1.20 bits per heavy atom. The Morgan fingerprint density at radius 1 is 0.850 bits per heavy atom. The zero-order valence-corrected chi connectivity index (χ0v) is 13.7. The molecule has 0 aliphatic carbocycles. The zero-order chi connectivity index (χ0) is 15.5. The maximum Gasteiger partial charge on any atom is 0.508 e. The van der Waals surface area contributed by atoms with Crippen LogP contribution in [-0.2, 0) is 18.9 Å². The lowest BCUT2D eigenvalue weighted by Gasteiger charge is -2.25. The van der Waals surface area contributed by atoms with Crippen molar-refractivity contribution < 1.29 is 23.7 Å². The van der Waals surface area contributed by atoms with Crippen LogP contribution in [0.4, 0.5) is 4.79 Å². The number of methoxy groups -OCH3 is 2. The highest BCUT2D eigenvalue weighted by molar-refractivity contribution is 5.60. The first-order chi connectivity index (χ1) is 9.49. The minimum absolute atomic E-state index is 0.147. The van der Waals surface area contributed by atoms with E-state index in [0.29, 0.717) is 13.2 Å². The molecule has 5 heteroatoms. The summed E-state index contributed by atoms with van der Waals surface area (Å²) in [7, 11) is 3.28. The third-order valence-electron chi connectivity index (χ3n) is 3.43. The minimum Gasteiger partial charge on any atom is -0.431 e. The fourth-order valence-corrected chi connectivity index (χ4v) is 2.22. The zero-order valence-electron chi connectivity index (χ0n) is 13.7. The molecule has 5 nitrogen and oxygen atoms in total. The van der Waals surface area contributed by atoms with E-state index in [1.807, 2.05) is 27.7 Å². The molecule has 0 spiro atoms. The predicted octanol–water partition coefficient (Wildman–Crippen LogP) is 3.26. The van der Waals surface area contributed by atoms with E-state index in [1.54, 1.807) is 14.2 Å². The second-order valence-electron chi connectivity index (χ2n) is 5.24. The highest BCUT2D eigenvalue weighted by Gasteiger charge is 2.25.